The standard InChI is InChI=1S/H4O5P2.4H3P/c1-6(2)5-7(3)4;;;;/h1-4H;4*1H3. The average Bonchev–Trinajstić information content (AvgIpc) is 1.27. The van der Waals surface area contributed by atoms with E-state index in [0.29, 0.717) is 0 Å². The van der Waals surface area contributed by atoms with Crippen LogP contribution in [0.25, 0.3) is 0 Å². The van der Waals surface area contributed by atoms with Crippen molar-refractivity contribution in [2.24, 2.45) is 0 Å². The summed E-state index contributed by atoms with van der Waals surface area (Å²) >= 11 is 0. The zero-order valence-corrected chi connectivity index (χ0v) is 13.4. The van der Waals surface area contributed by atoms with Gasteiger partial charge in [-0.15, -0.1) is 0 Å². The normalized spacial score (nSPS) is 7.09. The molecular weight excluding hydrogens is 266 g/mol. The van der Waals surface area contributed by atoms with Crippen LogP contribution in [0.2, 0.25) is 0 Å². The summed E-state index contributed by atoms with van der Waals surface area (Å²) in [5, 5.41) is 0. The summed E-state index contributed by atoms with van der Waals surface area (Å²) in [5.74, 6) is 0. The molecule has 0 aliphatic heterocycles. The van der Waals surface area contributed by atoms with Gasteiger partial charge in [0.25, 0.3) is 0 Å². The molecule has 0 fully saturated rings. The molecule has 0 aromatic heterocycles. The van der Waals surface area contributed by atoms with Crippen molar-refractivity contribution in [2.45, 2.75) is 0 Å². The largest absolute Gasteiger partial charge is 0.334 e. The monoisotopic (exact) mass is 282 g/mol. The molecule has 4 unspecified atom stereocenters. The lowest BCUT2D eigenvalue weighted by Gasteiger charge is -2.00. The van der Waals surface area contributed by atoms with E-state index in [1.807, 2.05) is 0 Å². The Morgan fingerprint density at radius 3 is 0.818 bits per heavy atom. The molecule has 4 atom stereocenters. The highest BCUT2D eigenvalue weighted by Crippen LogP contribution is 2.41. The minimum absolute atomic E-state index is 0. The SMILES string of the molecule is OP(O)OP(O)O.P.P.P.P. The van der Waals surface area contributed by atoms with Crippen LogP contribution < -0.4 is 0 Å². The first-order valence-electron chi connectivity index (χ1n) is 1.17. The molecule has 4 N–H and O–H groups in total. The molecule has 11 heteroatoms. The molecule has 5 nitrogen and oxygen atoms in total. The zero-order chi connectivity index (χ0) is 5.86. The molecule has 0 aromatic carbocycles. The molecule has 0 bridgehead atoms. The Bertz CT molecular complexity index is 40.2. The molecule has 0 radical (unpaired) electrons. The van der Waals surface area contributed by atoms with E-state index in [1.165, 1.54) is 0 Å². The fourth-order valence-electron chi connectivity index (χ4n) is 0.0653. The van der Waals surface area contributed by atoms with Crippen molar-refractivity contribution in [1.82, 2.24) is 0 Å². The summed E-state index contributed by atoms with van der Waals surface area (Å²) in [6, 6.07) is 0. The lowest BCUT2D eigenvalue weighted by atomic mass is 15.7. The Morgan fingerprint density at radius 1 is 0.636 bits per heavy atom. The van der Waals surface area contributed by atoms with Gasteiger partial charge in [0.1, 0.15) is 0 Å². The van der Waals surface area contributed by atoms with E-state index in [4.69, 9.17) is 19.6 Å². The summed E-state index contributed by atoms with van der Waals surface area (Å²) in [5.41, 5.74) is 0. The second kappa shape index (κ2) is 18.2. The molecule has 0 aromatic rings. The maximum absolute atomic E-state index is 7.82. The fourth-order valence-corrected chi connectivity index (χ4v) is 0.588. The van der Waals surface area contributed by atoms with E-state index < -0.39 is 17.2 Å². The van der Waals surface area contributed by atoms with Crippen molar-refractivity contribution in [1.29, 1.82) is 0 Å². The van der Waals surface area contributed by atoms with E-state index in [2.05, 4.69) is 4.31 Å². The molecule has 0 rings (SSSR count). The highest BCUT2D eigenvalue weighted by Gasteiger charge is 2.05. The zero-order valence-electron chi connectivity index (χ0n) is 5.92. The predicted octanol–water partition coefficient (Wildman–Crippen LogP) is -0.342. The van der Waals surface area contributed by atoms with Crippen LogP contribution in [-0.4, -0.2) is 19.6 Å². The van der Waals surface area contributed by atoms with Crippen molar-refractivity contribution in [3.8, 4) is 0 Å². The number of hydrogen-bond donors (Lipinski definition) is 4. The molecule has 0 aliphatic rings. The molecular formula is H16O5P6. The van der Waals surface area contributed by atoms with Crippen LogP contribution in [0.1, 0.15) is 0 Å². The Kier molecular flexibility index (Phi) is 48.4. The first-order chi connectivity index (χ1) is 3.13. The van der Waals surface area contributed by atoms with Crippen molar-refractivity contribution in [3.05, 3.63) is 0 Å². The van der Waals surface area contributed by atoms with E-state index in [9.17, 15) is 0 Å². The third-order valence-electron chi connectivity index (χ3n) is 0.146. The van der Waals surface area contributed by atoms with Crippen LogP contribution in [0.15, 0.2) is 0 Å². The van der Waals surface area contributed by atoms with Gasteiger partial charge in [-0.2, -0.15) is 39.6 Å². The third kappa shape index (κ3) is 32.8. The Hall–Kier alpha value is 2.38. The van der Waals surface area contributed by atoms with Crippen LogP contribution in [0, 0.1) is 0 Å². The van der Waals surface area contributed by atoms with Gasteiger partial charge in [0.15, 0.2) is 0 Å². The maximum atomic E-state index is 7.82. The van der Waals surface area contributed by atoms with Crippen molar-refractivity contribution in [2.75, 3.05) is 0 Å². The summed E-state index contributed by atoms with van der Waals surface area (Å²) in [7, 11) is -5.22. The number of hydrogen-bond acceptors (Lipinski definition) is 5. The minimum atomic E-state index is -2.61. The number of rotatable bonds is 2. The molecule has 0 saturated carbocycles. The first-order valence-corrected chi connectivity index (χ1v) is 3.50. The molecule has 0 amide bonds. The summed E-state index contributed by atoms with van der Waals surface area (Å²) in [6.07, 6.45) is 0. The lowest BCUT2D eigenvalue weighted by Crippen LogP contribution is -1.73. The van der Waals surface area contributed by atoms with E-state index in [0.717, 1.165) is 0 Å². The van der Waals surface area contributed by atoms with E-state index in [1.54, 1.807) is 0 Å². The minimum Gasteiger partial charge on any atom is -0.328 e. The molecule has 0 heterocycles. The Morgan fingerprint density at radius 2 is 0.818 bits per heavy atom. The summed E-state index contributed by atoms with van der Waals surface area (Å²) in [4.78, 5) is 31.3. The van der Waals surface area contributed by atoms with E-state index >= 15 is 0 Å². The average molecular weight is 282 g/mol. The van der Waals surface area contributed by atoms with Crippen LogP contribution in [0.3, 0.4) is 0 Å². The fraction of sp³-hybridized carbons (Fsp3) is 0. The van der Waals surface area contributed by atoms with Crippen LogP contribution in [-0.2, 0) is 4.31 Å². The molecule has 76 valence electrons. The second-order valence-corrected chi connectivity index (χ2v) is 2.25. The van der Waals surface area contributed by atoms with Crippen LogP contribution >= 0.6 is 56.8 Å². The molecule has 0 aliphatic carbocycles. The Labute approximate surface area is 81.2 Å². The molecule has 0 spiro atoms. The summed E-state index contributed by atoms with van der Waals surface area (Å²) < 4.78 is 3.60. The second-order valence-electron chi connectivity index (χ2n) is 0.587. The third-order valence-corrected chi connectivity index (χ3v) is 1.31. The predicted molar refractivity (Wildman–Crippen MR) is 68.2 cm³/mol. The highest BCUT2D eigenvalue weighted by atomic mass is 31.2. The van der Waals surface area contributed by atoms with Gasteiger partial charge in [-0.3, -0.25) is 0 Å². The van der Waals surface area contributed by atoms with Gasteiger partial charge in [-0.25, -0.2) is 4.31 Å². The van der Waals surface area contributed by atoms with Gasteiger partial charge >= 0.3 is 17.2 Å². The molecule has 11 heavy (non-hydrogen) atoms. The quantitative estimate of drug-likeness (QED) is 0.520. The topological polar surface area (TPSA) is 90.2 Å². The Balaban J connectivity index is -0.0000000300. The van der Waals surface area contributed by atoms with Gasteiger partial charge in [0.2, 0.25) is 0 Å². The van der Waals surface area contributed by atoms with Gasteiger partial charge in [0, 0.05) is 0 Å². The van der Waals surface area contributed by atoms with Gasteiger partial charge < -0.3 is 19.6 Å². The smallest absolute Gasteiger partial charge is 0.328 e. The molecule has 0 saturated heterocycles. The summed E-state index contributed by atoms with van der Waals surface area (Å²) in [6.45, 7) is 0. The van der Waals surface area contributed by atoms with Crippen molar-refractivity contribution < 1.29 is 23.9 Å². The van der Waals surface area contributed by atoms with Gasteiger partial charge in [-0.05, 0) is 0 Å². The maximum Gasteiger partial charge on any atom is 0.334 e. The lowest BCUT2D eigenvalue weighted by molar-refractivity contribution is 0.324. The first kappa shape index (κ1) is 29.2. The highest BCUT2D eigenvalue weighted by molar-refractivity contribution is 7.53. The van der Waals surface area contributed by atoms with Gasteiger partial charge in [0.05, 0.1) is 0 Å². The van der Waals surface area contributed by atoms with E-state index in [-0.39, 0.29) is 39.6 Å². The van der Waals surface area contributed by atoms with Gasteiger partial charge in [-0.1, -0.05) is 0 Å². The van der Waals surface area contributed by atoms with Crippen LogP contribution in [0.4, 0.5) is 0 Å². The van der Waals surface area contributed by atoms with Crippen molar-refractivity contribution in [3.63, 3.8) is 0 Å². The van der Waals surface area contributed by atoms with Crippen molar-refractivity contribution >= 4 is 56.8 Å². The van der Waals surface area contributed by atoms with Crippen LogP contribution in [0.5, 0.6) is 0 Å².